The summed E-state index contributed by atoms with van der Waals surface area (Å²) in [5, 5.41) is 0. The number of nitrogens with one attached hydrogen (secondary N) is 1. The number of esters is 2. The molecule has 0 aromatic rings. The number of carbonyl (C=O) groups excluding carboxylic acids is 2. The van der Waals surface area contributed by atoms with Crippen LogP contribution >= 0.6 is 0 Å². The van der Waals surface area contributed by atoms with E-state index >= 15 is 0 Å². The molecule has 0 unspecified atom stereocenters. The van der Waals surface area contributed by atoms with Gasteiger partial charge in [-0.05, 0) is 61.3 Å². The number of allylic oxidation sites excluding steroid dienone is 1. The van der Waals surface area contributed by atoms with E-state index in [4.69, 9.17) is 9.47 Å². The van der Waals surface area contributed by atoms with E-state index in [1.807, 2.05) is 53.7 Å². The molecule has 0 aliphatic carbocycles. The van der Waals surface area contributed by atoms with Crippen molar-refractivity contribution in [3.8, 4) is 0 Å². The molecule has 7 heteroatoms. The zero-order valence-corrected chi connectivity index (χ0v) is 18.9. The molecule has 3 atom stereocenters. The van der Waals surface area contributed by atoms with E-state index in [2.05, 4.69) is 4.72 Å². The molecule has 0 aliphatic heterocycles. The van der Waals surface area contributed by atoms with E-state index in [9.17, 15) is 13.8 Å². The second-order valence-electron chi connectivity index (χ2n) is 8.48. The second-order valence-corrected chi connectivity index (χ2v) is 10.5. The standard InChI is InChI=1S/C20H37NO5S/c1-9-25-17(22)14-12-10-11-13-16(21-27(24)20(6,7)8)15(2)18(23)26-19(3,4)5/h10-11,15-16,21H,9,12-14H2,1-8H3/b11-10-/t15-,16+,27-/m0/s1. The first-order valence-electron chi connectivity index (χ1n) is 9.49. The van der Waals surface area contributed by atoms with Gasteiger partial charge in [0.2, 0.25) is 0 Å². The highest BCUT2D eigenvalue weighted by Gasteiger charge is 2.31. The van der Waals surface area contributed by atoms with Crippen molar-refractivity contribution in [2.75, 3.05) is 6.61 Å². The molecule has 27 heavy (non-hydrogen) atoms. The summed E-state index contributed by atoms with van der Waals surface area (Å²) in [4.78, 5) is 23.8. The summed E-state index contributed by atoms with van der Waals surface area (Å²) in [6.45, 7) is 15.0. The van der Waals surface area contributed by atoms with Gasteiger partial charge in [-0.2, -0.15) is 0 Å². The minimum atomic E-state index is -1.31. The minimum absolute atomic E-state index is 0.229. The lowest BCUT2D eigenvalue weighted by Crippen LogP contribution is -2.45. The summed E-state index contributed by atoms with van der Waals surface area (Å²) in [6, 6.07) is -0.334. The van der Waals surface area contributed by atoms with Gasteiger partial charge in [-0.15, -0.1) is 0 Å². The fourth-order valence-electron chi connectivity index (χ4n) is 2.02. The molecule has 0 rings (SSSR count). The van der Waals surface area contributed by atoms with Crippen molar-refractivity contribution >= 4 is 22.9 Å². The Labute approximate surface area is 167 Å². The Kier molecular flexibility index (Phi) is 11.1. The number of carbonyl (C=O) groups is 2. The molecule has 158 valence electrons. The van der Waals surface area contributed by atoms with Gasteiger partial charge >= 0.3 is 11.9 Å². The molecule has 6 nitrogen and oxygen atoms in total. The van der Waals surface area contributed by atoms with Crippen molar-refractivity contribution in [2.45, 2.75) is 91.0 Å². The zero-order chi connectivity index (χ0) is 21.3. The highest BCUT2D eigenvalue weighted by Crippen LogP contribution is 2.18. The molecular formula is C20H37NO5S. The van der Waals surface area contributed by atoms with E-state index in [1.54, 1.807) is 13.8 Å². The predicted octanol–water partition coefficient (Wildman–Crippen LogP) is 3.67. The first-order chi connectivity index (χ1) is 12.3. The smallest absolute Gasteiger partial charge is 0.310 e. The Hall–Kier alpha value is -1.21. The Bertz CT molecular complexity index is 531. The van der Waals surface area contributed by atoms with Crippen LogP contribution in [0.25, 0.3) is 0 Å². The molecule has 0 aliphatic rings. The van der Waals surface area contributed by atoms with Gasteiger partial charge in [0.1, 0.15) is 5.60 Å². The molecular weight excluding hydrogens is 366 g/mol. The highest BCUT2D eigenvalue weighted by atomic mass is 32.2. The van der Waals surface area contributed by atoms with E-state index in [-0.39, 0.29) is 18.0 Å². The van der Waals surface area contributed by atoms with Crippen LogP contribution in [0.4, 0.5) is 0 Å². The SMILES string of the molecule is CCOC(=O)CC/C=C\C[C@@H](N[S@@](=O)C(C)(C)C)[C@H](C)C(=O)OC(C)(C)C. The van der Waals surface area contributed by atoms with E-state index in [0.717, 1.165) is 0 Å². The number of ether oxygens (including phenoxy) is 2. The summed E-state index contributed by atoms with van der Waals surface area (Å²) in [7, 11) is -1.31. The summed E-state index contributed by atoms with van der Waals surface area (Å²) in [5.41, 5.74) is -0.575. The van der Waals surface area contributed by atoms with Crippen LogP contribution in [0.15, 0.2) is 12.2 Å². The fraction of sp³-hybridized carbons (Fsp3) is 0.800. The van der Waals surface area contributed by atoms with Crippen LogP contribution in [0.2, 0.25) is 0 Å². The second kappa shape index (κ2) is 11.6. The van der Waals surface area contributed by atoms with Crippen LogP contribution in [0.3, 0.4) is 0 Å². The molecule has 0 aromatic carbocycles. The fourth-order valence-corrected chi connectivity index (χ4v) is 2.95. The normalized spacial score (nSPS) is 16.0. The van der Waals surface area contributed by atoms with E-state index < -0.39 is 27.3 Å². The Morgan fingerprint density at radius 2 is 1.70 bits per heavy atom. The Morgan fingerprint density at radius 1 is 1.11 bits per heavy atom. The maximum atomic E-state index is 12.5. The van der Waals surface area contributed by atoms with Gasteiger partial charge < -0.3 is 9.47 Å². The third-order valence-electron chi connectivity index (χ3n) is 3.57. The molecule has 0 fully saturated rings. The minimum Gasteiger partial charge on any atom is -0.466 e. The maximum absolute atomic E-state index is 12.5. The monoisotopic (exact) mass is 403 g/mol. The average Bonchev–Trinajstić information content (AvgIpc) is 2.50. The third kappa shape index (κ3) is 12.0. The van der Waals surface area contributed by atoms with Crippen LogP contribution in [-0.4, -0.2) is 39.1 Å². The Morgan fingerprint density at radius 3 is 2.19 bits per heavy atom. The van der Waals surface area contributed by atoms with E-state index in [1.165, 1.54) is 0 Å². The lowest BCUT2D eigenvalue weighted by Gasteiger charge is -2.29. The van der Waals surface area contributed by atoms with Gasteiger partial charge in [-0.3, -0.25) is 9.59 Å². The number of rotatable bonds is 10. The Balaban J connectivity index is 4.95. The van der Waals surface area contributed by atoms with Gasteiger partial charge in [-0.25, -0.2) is 8.93 Å². The van der Waals surface area contributed by atoms with Crippen molar-refractivity contribution in [1.82, 2.24) is 4.72 Å². The van der Waals surface area contributed by atoms with Crippen LogP contribution in [0.1, 0.15) is 74.7 Å². The summed E-state index contributed by atoms with van der Waals surface area (Å²) in [6.07, 6.45) is 5.17. The van der Waals surface area contributed by atoms with Gasteiger partial charge in [0, 0.05) is 12.5 Å². The summed E-state index contributed by atoms with van der Waals surface area (Å²) in [5.74, 6) is -1.02. The first kappa shape index (κ1) is 25.8. The van der Waals surface area contributed by atoms with Crippen molar-refractivity contribution < 1.29 is 23.3 Å². The van der Waals surface area contributed by atoms with Crippen LogP contribution in [0.5, 0.6) is 0 Å². The average molecular weight is 404 g/mol. The van der Waals surface area contributed by atoms with Crippen molar-refractivity contribution in [2.24, 2.45) is 5.92 Å². The topological polar surface area (TPSA) is 81.7 Å². The zero-order valence-electron chi connectivity index (χ0n) is 18.1. The molecule has 0 saturated heterocycles. The molecule has 0 heterocycles. The summed E-state index contributed by atoms with van der Waals surface area (Å²) < 4.78 is 25.5. The van der Waals surface area contributed by atoms with Crippen LogP contribution < -0.4 is 4.72 Å². The number of hydrogen-bond donors (Lipinski definition) is 1. The van der Waals surface area contributed by atoms with Gasteiger partial charge in [0.25, 0.3) is 0 Å². The third-order valence-corrected chi connectivity index (χ3v) is 5.20. The molecule has 0 radical (unpaired) electrons. The van der Waals surface area contributed by atoms with E-state index in [0.29, 0.717) is 25.9 Å². The van der Waals surface area contributed by atoms with Gasteiger partial charge in [0.15, 0.2) is 0 Å². The van der Waals surface area contributed by atoms with Gasteiger partial charge in [-0.1, -0.05) is 19.1 Å². The van der Waals surface area contributed by atoms with Gasteiger partial charge in [0.05, 0.1) is 28.3 Å². The molecule has 0 bridgehead atoms. The largest absolute Gasteiger partial charge is 0.466 e. The highest BCUT2D eigenvalue weighted by molar-refractivity contribution is 7.84. The predicted molar refractivity (Wildman–Crippen MR) is 109 cm³/mol. The number of hydrogen-bond acceptors (Lipinski definition) is 5. The van der Waals surface area contributed by atoms with Crippen LogP contribution in [-0.2, 0) is 30.0 Å². The van der Waals surface area contributed by atoms with Crippen LogP contribution in [0, 0.1) is 5.92 Å². The summed E-state index contributed by atoms with van der Waals surface area (Å²) >= 11 is 0. The molecule has 1 N–H and O–H groups in total. The van der Waals surface area contributed by atoms with Crippen molar-refractivity contribution in [3.63, 3.8) is 0 Å². The molecule has 0 amide bonds. The van der Waals surface area contributed by atoms with Crippen molar-refractivity contribution in [3.05, 3.63) is 12.2 Å². The molecule has 0 spiro atoms. The molecule has 0 aromatic heterocycles. The lowest BCUT2D eigenvalue weighted by atomic mass is 9.99. The lowest BCUT2D eigenvalue weighted by molar-refractivity contribution is -0.160. The quantitative estimate of drug-likeness (QED) is 0.444. The first-order valence-corrected chi connectivity index (χ1v) is 10.6. The van der Waals surface area contributed by atoms with Crippen molar-refractivity contribution in [1.29, 1.82) is 0 Å². The molecule has 0 saturated carbocycles. The maximum Gasteiger partial charge on any atom is 0.310 e.